The molecular weight excluding hydrogens is 370 g/mol. The number of benzene rings is 2. The summed E-state index contributed by atoms with van der Waals surface area (Å²) >= 11 is 6.88. The Kier molecular flexibility index (Phi) is 5.02. The first-order valence-corrected chi connectivity index (χ1v) is 7.60. The van der Waals surface area contributed by atoms with Gasteiger partial charge in [0.1, 0.15) is 11.5 Å². The van der Waals surface area contributed by atoms with Gasteiger partial charge in [0, 0.05) is 15.0 Å². The molecule has 4 heteroatoms. The zero-order chi connectivity index (χ0) is 13.8. The molecule has 0 spiro atoms. The molecule has 0 bridgehead atoms. The lowest BCUT2D eigenvalue weighted by atomic mass is 10.1. The molecule has 0 heterocycles. The molecule has 2 aromatic carbocycles. The molecule has 2 N–H and O–H groups in total. The number of halogens is 2. The molecule has 19 heavy (non-hydrogen) atoms. The van der Waals surface area contributed by atoms with Crippen molar-refractivity contribution < 1.29 is 4.74 Å². The molecule has 0 aromatic heterocycles. The van der Waals surface area contributed by atoms with Crippen molar-refractivity contribution in [2.24, 2.45) is 5.73 Å². The fourth-order valence-electron chi connectivity index (χ4n) is 1.77. The van der Waals surface area contributed by atoms with Crippen LogP contribution >= 0.6 is 31.9 Å². The predicted octanol–water partition coefficient (Wildman–Crippen LogP) is 4.89. The maximum absolute atomic E-state index is 5.94. The van der Waals surface area contributed by atoms with Gasteiger partial charge >= 0.3 is 0 Å². The molecule has 0 saturated heterocycles. The van der Waals surface area contributed by atoms with Crippen LogP contribution in [0.1, 0.15) is 12.5 Å². The summed E-state index contributed by atoms with van der Waals surface area (Å²) in [6.07, 6.45) is 0.791. The molecule has 1 atom stereocenters. The van der Waals surface area contributed by atoms with Gasteiger partial charge in [0.2, 0.25) is 0 Å². The highest BCUT2D eigenvalue weighted by Crippen LogP contribution is 2.30. The third-order valence-electron chi connectivity index (χ3n) is 2.61. The molecule has 0 fully saturated rings. The van der Waals surface area contributed by atoms with Crippen molar-refractivity contribution in [3.8, 4) is 11.5 Å². The van der Waals surface area contributed by atoms with Gasteiger partial charge in [0.15, 0.2) is 0 Å². The van der Waals surface area contributed by atoms with Crippen LogP contribution < -0.4 is 10.5 Å². The number of hydrogen-bond donors (Lipinski definition) is 1. The largest absolute Gasteiger partial charge is 0.457 e. The Morgan fingerprint density at radius 2 is 1.68 bits per heavy atom. The summed E-state index contributed by atoms with van der Waals surface area (Å²) in [4.78, 5) is 0. The number of nitrogens with two attached hydrogens (primary N) is 1. The highest BCUT2D eigenvalue weighted by molar-refractivity contribution is 9.10. The molecule has 2 aromatic rings. The van der Waals surface area contributed by atoms with Gasteiger partial charge in [0.05, 0.1) is 0 Å². The Morgan fingerprint density at radius 1 is 1.05 bits per heavy atom. The minimum atomic E-state index is 0.105. The molecule has 100 valence electrons. The number of rotatable bonds is 4. The summed E-state index contributed by atoms with van der Waals surface area (Å²) < 4.78 is 7.97. The molecule has 2 rings (SSSR count). The minimum Gasteiger partial charge on any atom is -0.457 e. The van der Waals surface area contributed by atoms with Crippen molar-refractivity contribution in [2.75, 3.05) is 0 Å². The summed E-state index contributed by atoms with van der Waals surface area (Å²) in [5.41, 5.74) is 6.98. The van der Waals surface area contributed by atoms with Crippen LogP contribution in [0.4, 0.5) is 0 Å². The van der Waals surface area contributed by atoms with E-state index < -0.39 is 0 Å². The molecule has 0 amide bonds. The zero-order valence-electron chi connectivity index (χ0n) is 10.6. The molecule has 0 aliphatic rings. The van der Waals surface area contributed by atoms with Crippen LogP contribution in [0.15, 0.2) is 51.4 Å². The minimum absolute atomic E-state index is 0.105. The summed E-state index contributed by atoms with van der Waals surface area (Å²) in [6.45, 7) is 1.99. The highest BCUT2D eigenvalue weighted by Gasteiger charge is 2.08. The molecule has 0 aliphatic carbocycles. The van der Waals surface area contributed by atoms with Gasteiger partial charge < -0.3 is 10.5 Å². The van der Waals surface area contributed by atoms with Crippen LogP contribution in [0, 0.1) is 0 Å². The third-order valence-corrected chi connectivity index (χ3v) is 3.63. The van der Waals surface area contributed by atoms with Crippen LogP contribution in [0.5, 0.6) is 11.5 Å². The van der Waals surface area contributed by atoms with Gasteiger partial charge in [-0.3, -0.25) is 0 Å². The third kappa shape index (κ3) is 4.34. The number of hydrogen-bond acceptors (Lipinski definition) is 2. The van der Waals surface area contributed by atoms with Gasteiger partial charge in [-0.2, -0.15) is 0 Å². The van der Waals surface area contributed by atoms with Gasteiger partial charge in [-0.25, -0.2) is 0 Å². The average Bonchev–Trinajstić information content (AvgIpc) is 2.35. The van der Waals surface area contributed by atoms with E-state index in [9.17, 15) is 0 Å². The Bertz CT molecular complexity index is 553. The Morgan fingerprint density at radius 3 is 2.32 bits per heavy atom. The van der Waals surface area contributed by atoms with Crippen LogP contribution in [-0.2, 0) is 6.42 Å². The van der Waals surface area contributed by atoms with E-state index in [1.54, 1.807) is 0 Å². The smallest absolute Gasteiger partial charge is 0.131 e. The normalized spacial score (nSPS) is 12.2. The maximum atomic E-state index is 5.94. The second kappa shape index (κ2) is 6.55. The zero-order valence-corrected chi connectivity index (χ0v) is 13.7. The second-order valence-corrected chi connectivity index (χ2v) is 6.32. The summed E-state index contributed by atoms with van der Waals surface area (Å²) in [6, 6.07) is 13.9. The van der Waals surface area contributed by atoms with Gasteiger partial charge in [-0.1, -0.05) is 37.9 Å². The van der Waals surface area contributed by atoms with Crippen molar-refractivity contribution >= 4 is 31.9 Å². The van der Waals surface area contributed by atoms with E-state index in [4.69, 9.17) is 10.5 Å². The van der Waals surface area contributed by atoms with Crippen molar-refractivity contribution in [1.82, 2.24) is 0 Å². The van der Waals surface area contributed by atoms with Crippen molar-refractivity contribution in [3.05, 3.63) is 57.0 Å². The van der Waals surface area contributed by atoms with Crippen LogP contribution in [0.25, 0.3) is 0 Å². The van der Waals surface area contributed by atoms with Crippen LogP contribution in [-0.4, -0.2) is 6.04 Å². The maximum Gasteiger partial charge on any atom is 0.131 e. The van der Waals surface area contributed by atoms with E-state index >= 15 is 0 Å². The van der Waals surface area contributed by atoms with Crippen LogP contribution in [0.2, 0.25) is 0 Å². The lowest BCUT2D eigenvalue weighted by Crippen LogP contribution is -2.18. The van der Waals surface area contributed by atoms with Gasteiger partial charge in [-0.15, -0.1) is 0 Å². The standard InChI is InChI=1S/C15H15Br2NO/c1-10(18)8-11-2-3-13(17)9-15(11)19-14-6-4-12(16)5-7-14/h2-7,9-10H,8,18H2,1H3. The summed E-state index contributed by atoms with van der Waals surface area (Å²) in [5.74, 6) is 1.65. The number of ether oxygens (including phenoxy) is 1. The average molecular weight is 385 g/mol. The monoisotopic (exact) mass is 383 g/mol. The van der Waals surface area contributed by atoms with E-state index in [1.807, 2.05) is 49.4 Å². The fourth-order valence-corrected chi connectivity index (χ4v) is 2.37. The van der Waals surface area contributed by atoms with E-state index in [0.29, 0.717) is 0 Å². The highest BCUT2D eigenvalue weighted by atomic mass is 79.9. The van der Waals surface area contributed by atoms with E-state index in [2.05, 4.69) is 31.9 Å². The summed E-state index contributed by atoms with van der Waals surface area (Å²) in [5, 5.41) is 0. The van der Waals surface area contributed by atoms with Crippen molar-refractivity contribution in [1.29, 1.82) is 0 Å². The Labute approximate surface area is 130 Å². The molecule has 0 radical (unpaired) electrons. The van der Waals surface area contributed by atoms with Gasteiger partial charge in [0.25, 0.3) is 0 Å². The van der Waals surface area contributed by atoms with E-state index in [1.165, 1.54) is 0 Å². The summed E-state index contributed by atoms with van der Waals surface area (Å²) in [7, 11) is 0. The van der Waals surface area contributed by atoms with E-state index in [-0.39, 0.29) is 6.04 Å². The van der Waals surface area contributed by atoms with Crippen molar-refractivity contribution in [3.63, 3.8) is 0 Å². The molecule has 0 aliphatic heterocycles. The Hall–Kier alpha value is -0.840. The lowest BCUT2D eigenvalue weighted by molar-refractivity contribution is 0.473. The molecule has 1 unspecified atom stereocenters. The molecule has 2 nitrogen and oxygen atoms in total. The van der Waals surface area contributed by atoms with Crippen molar-refractivity contribution in [2.45, 2.75) is 19.4 Å². The predicted molar refractivity (Wildman–Crippen MR) is 85.7 cm³/mol. The van der Waals surface area contributed by atoms with Gasteiger partial charge in [-0.05, 0) is 55.3 Å². The topological polar surface area (TPSA) is 35.2 Å². The van der Waals surface area contributed by atoms with Crippen LogP contribution in [0.3, 0.4) is 0 Å². The first-order chi connectivity index (χ1) is 9.04. The SMILES string of the molecule is CC(N)Cc1ccc(Br)cc1Oc1ccc(Br)cc1. The second-order valence-electron chi connectivity index (χ2n) is 4.49. The first kappa shape index (κ1) is 14.6. The first-order valence-electron chi connectivity index (χ1n) is 6.02. The molecular formula is C15H15Br2NO. The lowest BCUT2D eigenvalue weighted by Gasteiger charge is -2.13. The Balaban J connectivity index is 2.27. The quantitative estimate of drug-likeness (QED) is 0.813. The fraction of sp³-hybridized carbons (Fsp3) is 0.200. The molecule has 0 saturated carbocycles. The van der Waals surface area contributed by atoms with E-state index in [0.717, 1.165) is 32.4 Å².